The molecule has 0 aliphatic carbocycles. The predicted octanol–water partition coefficient (Wildman–Crippen LogP) is 3.02. The van der Waals surface area contributed by atoms with Gasteiger partial charge in [0.25, 0.3) is 0 Å². The minimum Gasteiger partial charge on any atom is -0.315 e. The molecule has 14 heavy (non-hydrogen) atoms. The maximum absolute atomic E-state index is 3.29. The lowest BCUT2D eigenvalue weighted by molar-refractivity contribution is 0.448. The van der Waals surface area contributed by atoms with Gasteiger partial charge in [0.15, 0.2) is 0 Å². The van der Waals surface area contributed by atoms with Crippen LogP contribution >= 0.6 is 0 Å². The van der Waals surface area contributed by atoms with E-state index in [1.807, 2.05) is 13.8 Å². The van der Waals surface area contributed by atoms with E-state index >= 15 is 0 Å². The fourth-order valence-corrected chi connectivity index (χ4v) is 1.54. The van der Waals surface area contributed by atoms with Gasteiger partial charge in [-0.2, -0.15) is 0 Å². The van der Waals surface area contributed by atoms with Crippen LogP contribution in [0.4, 0.5) is 0 Å². The third-order valence-electron chi connectivity index (χ3n) is 2.78. The predicted molar refractivity (Wildman–Crippen MR) is 62.9 cm³/mol. The maximum Gasteiger partial charge on any atom is 0.00886 e. The van der Waals surface area contributed by atoms with E-state index < -0.39 is 0 Å². The van der Waals surface area contributed by atoms with Gasteiger partial charge in [0.05, 0.1) is 0 Å². The van der Waals surface area contributed by atoms with Crippen molar-refractivity contribution in [3.63, 3.8) is 0 Å². The Bertz CT molecular complexity index is 287. The quantitative estimate of drug-likeness (QED) is 0.719. The van der Waals surface area contributed by atoms with Gasteiger partial charge in [-0.15, -0.1) is 0 Å². The van der Waals surface area contributed by atoms with Crippen molar-refractivity contribution in [1.82, 2.24) is 5.32 Å². The molecule has 1 aliphatic rings. The summed E-state index contributed by atoms with van der Waals surface area (Å²) in [6.07, 6.45) is 0. The minimum atomic E-state index is 0.768. The van der Waals surface area contributed by atoms with E-state index in [2.05, 4.69) is 37.4 Å². The first-order valence-corrected chi connectivity index (χ1v) is 5.55. The molecule has 1 aromatic rings. The van der Waals surface area contributed by atoms with E-state index in [-0.39, 0.29) is 0 Å². The van der Waals surface area contributed by atoms with E-state index in [1.165, 1.54) is 16.7 Å². The zero-order valence-electron chi connectivity index (χ0n) is 9.72. The van der Waals surface area contributed by atoms with Gasteiger partial charge in [-0.25, -0.2) is 0 Å². The summed E-state index contributed by atoms with van der Waals surface area (Å²) in [5, 5.41) is 3.29. The van der Waals surface area contributed by atoms with Crippen molar-refractivity contribution >= 4 is 0 Å². The lowest BCUT2D eigenvalue weighted by Gasteiger charge is -2.27. The molecule has 1 fully saturated rings. The second kappa shape index (κ2) is 5.16. The van der Waals surface area contributed by atoms with Gasteiger partial charge in [0, 0.05) is 19.0 Å². The Balaban J connectivity index is 0.000000461. The molecule has 78 valence electrons. The molecule has 0 amide bonds. The number of rotatable bonds is 1. The van der Waals surface area contributed by atoms with Gasteiger partial charge in [-0.3, -0.25) is 0 Å². The first-order valence-electron chi connectivity index (χ1n) is 5.55. The van der Waals surface area contributed by atoms with Crippen LogP contribution in [0.1, 0.15) is 36.5 Å². The summed E-state index contributed by atoms with van der Waals surface area (Å²) in [5.74, 6) is 0.768. The average molecular weight is 191 g/mol. The summed E-state index contributed by atoms with van der Waals surface area (Å²) in [4.78, 5) is 0. The van der Waals surface area contributed by atoms with Gasteiger partial charge in [0.1, 0.15) is 0 Å². The Labute approximate surface area is 87.5 Å². The molecule has 0 radical (unpaired) electrons. The Morgan fingerprint density at radius 1 is 1.07 bits per heavy atom. The standard InChI is InChI=1S/C11H15N.C2H6/c1-8-3-4-10(5-9(8)2)11-6-12-7-11;1-2/h3-5,11-12H,6-7H2,1-2H3;1-2H3. The van der Waals surface area contributed by atoms with Crippen molar-refractivity contribution < 1.29 is 0 Å². The van der Waals surface area contributed by atoms with Crippen molar-refractivity contribution in [2.24, 2.45) is 0 Å². The third kappa shape index (κ3) is 2.36. The largest absolute Gasteiger partial charge is 0.315 e. The first-order chi connectivity index (χ1) is 6.77. The Hall–Kier alpha value is -0.820. The average Bonchev–Trinajstić information content (AvgIpc) is 2.12. The third-order valence-corrected chi connectivity index (χ3v) is 2.78. The van der Waals surface area contributed by atoms with Crippen LogP contribution in [0, 0.1) is 13.8 Å². The normalized spacial score (nSPS) is 15.4. The molecular weight excluding hydrogens is 170 g/mol. The van der Waals surface area contributed by atoms with Crippen molar-refractivity contribution in [2.45, 2.75) is 33.6 Å². The molecule has 1 N–H and O–H groups in total. The highest BCUT2D eigenvalue weighted by molar-refractivity contribution is 5.33. The summed E-state index contributed by atoms with van der Waals surface area (Å²) in [6.45, 7) is 10.7. The molecule has 2 rings (SSSR count). The molecule has 0 unspecified atom stereocenters. The van der Waals surface area contributed by atoms with Gasteiger partial charge < -0.3 is 5.32 Å². The number of aryl methyl sites for hydroxylation is 2. The highest BCUT2D eigenvalue weighted by atomic mass is 14.9. The van der Waals surface area contributed by atoms with Crippen LogP contribution < -0.4 is 5.32 Å². The number of hydrogen-bond acceptors (Lipinski definition) is 1. The zero-order valence-corrected chi connectivity index (χ0v) is 9.72. The fraction of sp³-hybridized carbons (Fsp3) is 0.538. The van der Waals surface area contributed by atoms with Crippen LogP contribution in [0.2, 0.25) is 0 Å². The Kier molecular flexibility index (Phi) is 4.15. The van der Waals surface area contributed by atoms with Gasteiger partial charge in [0.2, 0.25) is 0 Å². The SMILES string of the molecule is CC.Cc1ccc(C2CNC2)cc1C. The summed E-state index contributed by atoms with van der Waals surface area (Å²) in [5.41, 5.74) is 4.31. The summed E-state index contributed by atoms with van der Waals surface area (Å²) in [6, 6.07) is 6.80. The van der Waals surface area contributed by atoms with E-state index in [9.17, 15) is 0 Å². The van der Waals surface area contributed by atoms with Crippen molar-refractivity contribution in [1.29, 1.82) is 0 Å². The van der Waals surface area contributed by atoms with Crippen LogP contribution in [0.5, 0.6) is 0 Å². The van der Waals surface area contributed by atoms with Crippen LogP contribution in [0.3, 0.4) is 0 Å². The van der Waals surface area contributed by atoms with Crippen molar-refractivity contribution in [3.8, 4) is 0 Å². The van der Waals surface area contributed by atoms with Crippen LogP contribution in [0.15, 0.2) is 18.2 Å². The van der Waals surface area contributed by atoms with Crippen LogP contribution in [0.25, 0.3) is 0 Å². The maximum atomic E-state index is 3.29. The lowest BCUT2D eigenvalue weighted by Crippen LogP contribution is -2.39. The molecule has 1 nitrogen and oxygen atoms in total. The monoisotopic (exact) mass is 191 g/mol. The minimum absolute atomic E-state index is 0.768. The molecular formula is C13H21N. The van der Waals surface area contributed by atoms with Gasteiger partial charge >= 0.3 is 0 Å². The number of hydrogen-bond donors (Lipinski definition) is 1. The second-order valence-electron chi connectivity index (χ2n) is 3.70. The first kappa shape index (κ1) is 11.3. The highest BCUT2D eigenvalue weighted by Gasteiger charge is 2.18. The van der Waals surface area contributed by atoms with E-state index in [0.29, 0.717) is 0 Å². The number of nitrogens with one attached hydrogen (secondary N) is 1. The highest BCUT2D eigenvalue weighted by Crippen LogP contribution is 2.21. The van der Waals surface area contributed by atoms with E-state index in [1.54, 1.807) is 0 Å². The molecule has 1 aliphatic heterocycles. The van der Waals surface area contributed by atoms with Gasteiger partial charge in [-0.05, 0) is 30.5 Å². The van der Waals surface area contributed by atoms with E-state index in [4.69, 9.17) is 0 Å². The lowest BCUT2D eigenvalue weighted by atomic mass is 9.91. The molecule has 1 aromatic carbocycles. The second-order valence-corrected chi connectivity index (χ2v) is 3.70. The molecule has 1 heteroatoms. The molecule has 1 saturated heterocycles. The Morgan fingerprint density at radius 2 is 1.71 bits per heavy atom. The Morgan fingerprint density at radius 3 is 2.14 bits per heavy atom. The summed E-state index contributed by atoms with van der Waals surface area (Å²) < 4.78 is 0. The summed E-state index contributed by atoms with van der Waals surface area (Å²) in [7, 11) is 0. The number of benzene rings is 1. The zero-order chi connectivity index (χ0) is 10.6. The molecule has 0 bridgehead atoms. The molecule has 0 spiro atoms. The molecule has 1 heterocycles. The smallest absolute Gasteiger partial charge is 0.00886 e. The van der Waals surface area contributed by atoms with Crippen LogP contribution in [-0.4, -0.2) is 13.1 Å². The van der Waals surface area contributed by atoms with Crippen molar-refractivity contribution in [3.05, 3.63) is 34.9 Å². The molecule has 0 saturated carbocycles. The van der Waals surface area contributed by atoms with Gasteiger partial charge in [-0.1, -0.05) is 32.0 Å². The topological polar surface area (TPSA) is 12.0 Å². The van der Waals surface area contributed by atoms with Crippen LogP contribution in [-0.2, 0) is 0 Å². The van der Waals surface area contributed by atoms with E-state index in [0.717, 1.165) is 19.0 Å². The molecule has 0 atom stereocenters. The fourth-order valence-electron chi connectivity index (χ4n) is 1.54. The summed E-state index contributed by atoms with van der Waals surface area (Å²) >= 11 is 0. The molecule has 0 aromatic heterocycles. The van der Waals surface area contributed by atoms with Crippen molar-refractivity contribution in [2.75, 3.05) is 13.1 Å².